The summed E-state index contributed by atoms with van der Waals surface area (Å²) >= 11 is -2.37. The molecule has 0 aromatic carbocycles. The summed E-state index contributed by atoms with van der Waals surface area (Å²) in [6, 6.07) is -0.171. The van der Waals surface area contributed by atoms with Gasteiger partial charge in [0.15, 0.2) is 0 Å². The van der Waals surface area contributed by atoms with Crippen LogP contribution in [0.2, 0.25) is 0 Å². The number of hydrogen-bond acceptors (Lipinski definition) is 5. The minimum atomic E-state index is -2.37. The topological polar surface area (TPSA) is 85.2 Å². The fourth-order valence-electron chi connectivity index (χ4n) is 0.335. The summed E-state index contributed by atoms with van der Waals surface area (Å²) in [5.74, 6) is 0. The van der Waals surface area contributed by atoms with Gasteiger partial charge in [0.05, 0.1) is 0 Å². The van der Waals surface area contributed by atoms with Crippen LogP contribution >= 0.6 is 0 Å². The zero-order chi connectivity index (χ0) is 7.40. The van der Waals surface area contributed by atoms with Gasteiger partial charge >= 0.3 is 17.4 Å². The van der Waals surface area contributed by atoms with Crippen LogP contribution in [0.15, 0.2) is 12.7 Å². The van der Waals surface area contributed by atoms with Gasteiger partial charge in [0.1, 0.15) is 12.7 Å². The van der Waals surface area contributed by atoms with E-state index in [0.29, 0.717) is 0 Å². The Bertz CT molecular complexity index is 228. The fourth-order valence-corrected chi connectivity index (χ4v) is 0.549. The Labute approximate surface area is 58.8 Å². The van der Waals surface area contributed by atoms with E-state index in [0.717, 1.165) is 12.7 Å². The van der Waals surface area contributed by atoms with Crippen LogP contribution in [0, 0.1) is 0 Å². The maximum atomic E-state index is 9.96. The number of hydrogen-bond donors (Lipinski definition) is 1. The zero-order valence-electron chi connectivity index (χ0n) is 4.67. The van der Waals surface area contributed by atoms with Gasteiger partial charge in [0.2, 0.25) is 0 Å². The first-order chi connectivity index (χ1) is 4.79. The van der Waals surface area contributed by atoms with E-state index in [9.17, 15) is 4.21 Å². The van der Waals surface area contributed by atoms with E-state index in [4.69, 9.17) is 4.55 Å². The highest BCUT2D eigenvalue weighted by atomic mass is 32.2. The summed E-state index contributed by atoms with van der Waals surface area (Å²) < 4.78 is 22.3. The van der Waals surface area contributed by atoms with Crippen LogP contribution in [0.5, 0.6) is 6.01 Å². The van der Waals surface area contributed by atoms with E-state index in [1.165, 1.54) is 0 Å². The van der Waals surface area contributed by atoms with E-state index in [1.807, 2.05) is 0 Å². The van der Waals surface area contributed by atoms with Crippen molar-refractivity contribution >= 4 is 11.4 Å². The molecule has 1 rings (SSSR count). The van der Waals surface area contributed by atoms with Crippen LogP contribution in [0.3, 0.4) is 0 Å². The number of aromatic nitrogens is 3. The highest BCUT2D eigenvalue weighted by Gasteiger charge is 1.97. The Morgan fingerprint density at radius 2 is 2.10 bits per heavy atom. The molecule has 0 bridgehead atoms. The number of nitrogens with zero attached hydrogens (tertiary/aromatic N) is 3. The van der Waals surface area contributed by atoms with Gasteiger partial charge in [-0.1, -0.05) is 0 Å². The van der Waals surface area contributed by atoms with Crippen molar-refractivity contribution in [1.29, 1.82) is 0 Å². The predicted octanol–water partition coefficient (Wildman–Crippen LogP) is -0.613. The van der Waals surface area contributed by atoms with Gasteiger partial charge in [-0.2, -0.15) is 14.2 Å². The lowest BCUT2D eigenvalue weighted by molar-refractivity contribution is 0.438. The molecule has 1 aromatic rings. The standard InChI is InChI=1S/C3H3N3O3S/c7-10(8)9-3-5-1-4-2-6-3/h1-2H,(H,7,8). The second-order valence-corrected chi connectivity index (χ2v) is 1.82. The molecule has 0 amide bonds. The van der Waals surface area contributed by atoms with Crippen molar-refractivity contribution in [2.24, 2.45) is 0 Å². The molecule has 0 spiro atoms. The largest absolute Gasteiger partial charge is 0.360 e. The molecule has 0 aliphatic carbocycles. The van der Waals surface area contributed by atoms with E-state index in [2.05, 4.69) is 19.1 Å². The van der Waals surface area contributed by atoms with E-state index >= 15 is 0 Å². The molecule has 0 fully saturated rings. The molecular formula is C3H3N3O3S. The summed E-state index contributed by atoms with van der Waals surface area (Å²) in [6.45, 7) is 0. The summed E-state index contributed by atoms with van der Waals surface area (Å²) in [7, 11) is 0. The van der Waals surface area contributed by atoms with Gasteiger partial charge in [-0.05, 0) is 0 Å². The lowest BCUT2D eigenvalue weighted by Crippen LogP contribution is -2.01. The molecule has 54 valence electrons. The second kappa shape index (κ2) is 3.18. The first-order valence-corrected chi connectivity index (χ1v) is 3.23. The van der Waals surface area contributed by atoms with Gasteiger partial charge in [-0.25, -0.2) is 4.98 Å². The predicted molar refractivity (Wildman–Crippen MR) is 31.2 cm³/mol. The Morgan fingerprint density at radius 1 is 1.50 bits per heavy atom. The van der Waals surface area contributed by atoms with Crippen LogP contribution in [0.4, 0.5) is 0 Å². The average molecular weight is 161 g/mol. The van der Waals surface area contributed by atoms with Gasteiger partial charge in [0.25, 0.3) is 0 Å². The highest BCUT2D eigenvalue weighted by molar-refractivity contribution is 7.74. The van der Waals surface area contributed by atoms with E-state index in [1.54, 1.807) is 0 Å². The third-order valence-corrected chi connectivity index (χ3v) is 0.907. The van der Waals surface area contributed by atoms with Gasteiger partial charge in [0, 0.05) is 0 Å². The number of rotatable bonds is 2. The molecule has 1 N–H and O–H groups in total. The van der Waals surface area contributed by atoms with Crippen LogP contribution in [0.1, 0.15) is 0 Å². The minimum absolute atomic E-state index is 0.171. The molecule has 0 aliphatic heterocycles. The maximum absolute atomic E-state index is 9.96. The zero-order valence-corrected chi connectivity index (χ0v) is 5.48. The van der Waals surface area contributed by atoms with Crippen molar-refractivity contribution in [1.82, 2.24) is 15.0 Å². The molecular weight excluding hydrogens is 158 g/mol. The van der Waals surface area contributed by atoms with Gasteiger partial charge < -0.3 is 4.18 Å². The normalized spacial score (nSPS) is 12.5. The summed E-state index contributed by atoms with van der Waals surface area (Å²) in [4.78, 5) is 10.3. The smallest absolute Gasteiger partial charge is 0.341 e. The summed E-state index contributed by atoms with van der Waals surface area (Å²) in [5.41, 5.74) is 0. The van der Waals surface area contributed by atoms with Crippen LogP contribution in [-0.4, -0.2) is 23.7 Å². The molecule has 7 heteroatoms. The van der Waals surface area contributed by atoms with Gasteiger partial charge in [-0.15, -0.1) is 0 Å². The SMILES string of the molecule is O=S(O)Oc1ncncn1. The Kier molecular flexibility index (Phi) is 2.24. The molecule has 1 atom stereocenters. The highest BCUT2D eigenvalue weighted by Crippen LogP contribution is 1.95. The maximum Gasteiger partial charge on any atom is 0.360 e. The van der Waals surface area contributed by atoms with Crippen molar-refractivity contribution < 1.29 is 12.9 Å². The van der Waals surface area contributed by atoms with E-state index in [-0.39, 0.29) is 6.01 Å². The monoisotopic (exact) mass is 161 g/mol. The summed E-state index contributed by atoms with van der Waals surface area (Å²) in [6.07, 6.45) is 2.32. The first-order valence-electron chi connectivity index (χ1n) is 2.20. The quantitative estimate of drug-likeness (QED) is 0.582. The Hall–Kier alpha value is -1.08. The molecule has 1 heterocycles. The molecule has 0 saturated carbocycles. The van der Waals surface area contributed by atoms with Crippen LogP contribution < -0.4 is 4.18 Å². The lowest BCUT2D eigenvalue weighted by Gasteiger charge is -1.92. The molecule has 6 nitrogen and oxygen atoms in total. The van der Waals surface area contributed by atoms with Crippen molar-refractivity contribution in [3.8, 4) is 6.01 Å². The second-order valence-electron chi connectivity index (χ2n) is 1.22. The fraction of sp³-hybridized carbons (Fsp3) is 0. The van der Waals surface area contributed by atoms with Crippen molar-refractivity contribution in [2.75, 3.05) is 0 Å². The molecule has 10 heavy (non-hydrogen) atoms. The van der Waals surface area contributed by atoms with Crippen molar-refractivity contribution in [3.05, 3.63) is 12.7 Å². The third-order valence-electron chi connectivity index (χ3n) is 0.616. The Morgan fingerprint density at radius 3 is 2.60 bits per heavy atom. The molecule has 0 aliphatic rings. The molecule has 0 radical (unpaired) electrons. The first kappa shape index (κ1) is 7.03. The van der Waals surface area contributed by atoms with Crippen LogP contribution in [-0.2, 0) is 11.4 Å². The Balaban J connectivity index is 2.67. The summed E-state index contributed by atoms with van der Waals surface area (Å²) in [5, 5.41) is 0. The molecule has 1 aromatic heterocycles. The minimum Gasteiger partial charge on any atom is -0.341 e. The third kappa shape index (κ3) is 2.03. The van der Waals surface area contributed by atoms with Crippen molar-refractivity contribution in [2.45, 2.75) is 0 Å². The van der Waals surface area contributed by atoms with Crippen molar-refractivity contribution in [3.63, 3.8) is 0 Å². The average Bonchev–Trinajstić information content (AvgIpc) is 1.88. The molecule has 1 unspecified atom stereocenters. The lowest BCUT2D eigenvalue weighted by atomic mass is 11.0. The van der Waals surface area contributed by atoms with Crippen LogP contribution in [0.25, 0.3) is 0 Å². The molecule has 0 saturated heterocycles. The van der Waals surface area contributed by atoms with E-state index < -0.39 is 11.4 Å². The van der Waals surface area contributed by atoms with Gasteiger partial charge in [-0.3, -0.25) is 4.55 Å².